The largest absolute Gasteiger partial charge is 0.363 e. The number of aromatic amines is 1. The molecule has 1 aromatic heterocycles. The third-order valence-corrected chi connectivity index (χ3v) is 4.52. The number of rotatable bonds is 4. The molecule has 0 spiro atoms. The zero-order valence-corrected chi connectivity index (χ0v) is 12.0. The van der Waals surface area contributed by atoms with Gasteiger partial charge in [-0.25, -0.2) is 8.42 Å². The van der Waals surface area contributed by atoms with Crippen LogP contribution in [0.2, 0.25) is 10.0 Å². The van der Waals surface area contributed by atoms with Gasteiger partial charge in [-0.2, -0.15) is 0 Å². The standard InChI is InChI=1S/C11H11Cl2N3O2S/c12-10-2-1-7(4-11(10)13)16-19(17,18)9-3-8(5-14)15-6-9/h1-4,6,15-16H,5,14H2. The molecule has 1 heterocycles. The second kappa shape index (κ2) is 5.42. The summed E-state index contributed by atoms with van der Waals surface area (Å²) in [4.78, 5) is 2.89. The summed E-state index contributed by atoms with van der Waals surface area (Å²) in [5.74, 6) is 0. The van der Waals surface area contributed by atoms with Crippen molar-refractivity contribution in [1.29, 1.82) is 0 Å². The number of H-pyrrole nitrogens is 1. The molecule has 4 N–H and O–H groups in total. The van der Waals surface area contributed by atoms with Gasteiger partial charge >= 0.3 is 0 Å². The summed E-state index contributed by atoms with van der Waals surface area (Å²) in [6, 6.07) is 5.96. The molecule has 1 aromatic carbocycles. The van der Waals surface area contributed by atoms with Crippen LogP contribution in [0.3, 0.4) is 0 Å². The van der Waals surface area contributed by atoms with Gasteiger partial charge in [-0.1, -0.05) is 23.2 Å². The third-order valence-electron chi connectivity index (χ3n) is 2.42. The van der Waals surface area contributed by atoms with E-state index < -0.39 is 10.0 Å². The number of halogens is 2. The van der Waals surface area contributed by atoms with Gasteiger partial charge in [-0.15, -0.1) is 0 Å². The van der Waals surface area contributed by atoms with E-state index >= 15 is 0 Å². The van der Waals surface area contributed by atoms with E-state index in [1.165, 1.54) is 30.5 Å². The first kappa shape index (κ1) is 14.2. The number of hydrogen-bond acceptors (Lipinski definition) is 3. The summed E-state index contributed by atoms with van der Waals surface area (Å²) in [5.41, 5.74) is 6.39. The van der Waals surface area contributed by atoms with E-state index in [9.17, 15) is 8.42 Å². The Hall–Kier alpha value is -1.21. The van der Waals surface area contributed by atoms with Crippen LogP contribution in [0.4, 0.5) is 5.69 Å². The zero-order valence-electron chi connectivity index (χ0n) is 9.65. The van der Waals surface area contributed by atoms with Crippen molar-refractivity contribution in [1.82, 2.24) is 4.98 Å². The zero-order chi connectivity index (χ0) is 14.0. The molecule has 8 heteroatoms. The smallest absolute Gasteiger partial charge is 0.263 e. The molecular weight excluding hydrogens is 309 g/mol. The first-order valence-electron chi connectivity index (χ1n) is 5.27. The van der Waals surface area contributed by atoms with Gasteiger partial charge in [0.15, 0.2) is 0 Å². The minimum atomic E-state index is -3.67. The molecule has 5 nitrogen and oxygen atoms in total. The maximum absolute atomic E-state index is 12.1. The van der Waals surface area contributed by atoms with E-state index in [1.54, 1.807) is 0 Å². The fraction of sp³-hybridized carbons (Fsp3) is 0.0909. The van der Waals surface area contributed by atoms with E-state index in [-0.39, 0.29) is 16.5 Å². The molecule has 0 amide bonds. The minimum absolute atomic E-state index is 0.110. The molecule has 0 bridgehead atoms. The lowest BCUT2D eigenvalue weighted by Gasteiger charge is -2.07. The number of aromatic nitrogens is 1. The van der Waals surface area contributed by atoms with Crippen LogP contribution in [0.25, 0.3) is 0 Å². The normalized spacial score (nSPS) is 11.5. The average Bonchev–Trinajstić information content (AvgIpc) is 2.83. The summed E-state index contributed by atoms with van der Waals surface area (Å²) in [6.45, 7) is 0.238. The topological polar surface area (TPSA) is 88.0 Å². The van der Waals surface area contributed by atoms with Gasteiger partial charge in [0.1, 0.15) is 4.90 Å². The number of sulfonamides is 1. The fourth-order valence-corrected chi connectivity index (χ4v) is 2.83. The van der Waals surface area contributed by atoms with Gasteiger partial charge in [-0.05, 0) is 24.3 Å². The maximum Gasteiger partial charge on any atom is 0.263 e. The van der Waals surface area contributed by atoms with Gasteiger partial charge in [-0.3, -0.25) is 4.72 Å². The van der Waals surface area contributed by atoms with Crippen molar-refractivity contribution in [3.63, 3.8) is 0 Å². The Morgan fingerprint density at radius 1 is 1.21 bits per heavy atom. The number of hydrogen-bond donors (Lipinski definition) is 3. The second-order valence-electron chi connectivity index (χ2n) is 3.80. The van der Waals surface area contributed by atoms with Crippen LogP contribution in [0.1, 0.15) is 5.69 Å². The van der Waals surface area contributed by atoms with E-state index in [1.807, 2.05) is 0 Å². The third kappa shape index (κ3) is 3.22. The van der Waals surface area contributed by atoms with Crippen LogP contribution in [-0.4, -0.2) is 13.4 Å². The summed E-state index contributed by atoms with van der Waals surface area (Å²) >= 11 is 11.6. The highest BCUT2D eigenvalue weighted by Gasteiger charge is 2.16. The lowest BCUT2D eigenvalue weighted by molar-refractivity contribution is 0.601. The van der Waals surface area contributed by atoms with E-state index in [4.69, 9.17) is 28.9 Å². The van der Waals surface area contributed by atoms with E-state index in [0.29, 0.717) is 16.4 Å². The molecule has 2 rings (SSSR count). The van der Waals surface area contributed by atoms with Gasteiger partial charge in [0.05, 0.1) is 15.7 Å². The van der Waals surface area contributed by atoms with Crippen molar-refractivity contribution in [3.8, 4) is 0 Å². The Bertz CT molecular complexity index is 698. The highest BCUT2D eigenvalue weighted by Crippen LogP contribution is 2.26. The molecule has 0 aliphatic rings. The Labute approximate surface area is 120 Å². The van der Waals surface area contributed by atoms with Crippen LogP contribution >= 0.6 is 23.2 Å². The van der Waals surface area contributed by atoms with Crippen LogP contribution in [0.15, 0.2) is 35.4 Å². The molecule has 0 unspecified atom stereocenters. The van der Waals surface area contributed by atoms with Crippen molar-refractivity contribution >= 4 is 38.9 Å². The summed E-state index contributed by atoms with van der Waals surface area (Å²) < 4.78 is 26.6. The molecular formula is C11H11Cl2N3O2S. The molecule has 0 saturated heterocycles. The highest BCUT2D eigenvalue weighted by molar-refractivity contribution is 7.92. The Morgan fingerprint density at radius 3 is 2.53 bits per heavy atom. The van der Waals surface area contributed by atoms with Gasteiger partial charge in [0.25, 0.3) is 10.0 Å². The first-order chi connectivity index (χ1) is 8.92. The molecule has 102 valence electrons. The summed E-state index contributed by atoms with van der Waals surface area (Å²) in [5, 5.41) is 0.634. The second-order valence-corrected chi connectivity index (χ2v) is 6.30. The van der Waals surface area contributed by atoms with Crippen LogP contribution in [0.5, 0.6) is 0 Å². The van der Waals surface area contributed by atoms with Crippen molar-refractivity contribution in [2.24, 2.45) is 5.73 Å². The molecule has 0 saturated carbocycles. The lowest BCUT2D eigenvalue weighted by Crippen LogP contribution is -2.12. The van der Waals surface area contributed by atoms with Crippen molar-refractivity contribution in [2.45, 2.75) is 11.4 Å². The van der Waals surface area contributed by atoms with Crippen LogP contribution in [0, 0.1) is 0 Å². The monoisotopic (exact) mass is 319 g/mol. The predicted octanol–water partition coefficient (Wildman–Crippen LogP) is 2.58. The Morgan fingerprint density at radius 2 is 1.95 bits per heavy atom. The molecule has 0 atom stereocenters. The average molecular weight is 320 g/mol. The quantitative estimate of drug-likeness (QED) is 0.809. The molecule has 2 aromatic rings. The highest BCUT2D eigenvalue weighted by atomic mass is 35.5. The molecule has 19 heavy (non-hydrogen) atoms. The number of anilines is 1. The van der Waals surface area contributed by atoms with Crippen molar-refractivity contribution < 1.29 is 8.42 Å². The van der Waals surface area contributed by atoms with E-state index in [2.05, 4.69) is 9.71 Å². The molecule has 0 aliphatic heterocycles. The van der Waals surface area contributed by atoms with Gasteiger partial charge < -0.3 is 10.7 Å². The number of nitrogens with one attached hydrogen (secondary N) is 2. The number of nitrogens with two attached hydrogens (primary N) is 1. The maximum atomic E-state index is 12.1. The predicted molar refractivity (Wildman–Crippen MR) is 76.0 cm³/mol. The van der Waals surface area contributed by atoms with Crippen LogP contribution < -0.4 is 10.5 Å². The lowest BCUT2D eigenvalue weighted by atomic mass is 10.3. The molecule has 0 aliphatic carbocycles. The first-order valence-corrected chi connectivity index (χ1v) is 7.51. The van der Waals surface area contributed by atoms with Crippen molar-refractivity contribution in [2.75, 3.05) is 4.72 Å². The fourth-order valence-electron chi connectivity index (χ4n) is 1.47. The summed E-state index contributed by atoms with van der Waals surface area (Å²) in [6.07, 6.45) is 1.38. The van der Waals surface area contributed by atoms with E-state index in [0.717, 1.165) is 0 Å². The summed E-state index contributed by atoms with van der Waals surface area (Å²) in [7, 11) is -3.67. The van der Waals surface area contributed by atoms with Crippen molar-refractivity contribution in [3.05, 3.63) is 46.2 Å². The number of benzene rings is 1. The van der Waals surface area contributed by atoms with Crippen LogP contribution in [-0.2, 0) is 16.6 Å². The molecule has 0 radical (unpaired) electrons. The molecule has 0 fully saturated rings. The van der Waals surface area contributed by atoms with Gasteiger partial charge in [0, 0.05) is 18.4 Å². The Balaban J connectivity index is 2.28. The SMILES string of the molecule is NCc1cc(S(=O)(=O)Nc2ccc(Cl)c(Cl)c2)c[nH]1. The Kier molecular flexibility index (Phi) is 4.05. The van der Waals surface area contributed by atoms with Gasteiger partial charge in [0.2, 0.25) is 0 Å². The minimum Gasteiger partial charge on any atom is -0.363 e.